The maximum Gasteiger partial charge on any atom is 0.348 e. The number of hydrogen-bond donors (Lipinski definition) is 1. The highest BCUT2D eigenvalue weighted by atomic mass is 32.2. The van der Waals surface area contributed by atoms with E-state index in [4.69, 9.17) is 4.74 Å². The summed E-state index contributed by atoms with van der Waals surface area (Å²) in [4.78, 5) is 28.6. The lowest BCUT2D eigenvalue weighted by Gasteiger charge is -2.40. The summed E-state index contributed by atoms with van der Waals surface area (Å²) in [5, 5.41) is 10.0. The molecule has 8 nitrogen and oxygen atoms in total. The van der Waals surface area contributed by atoms with E-state index in [1.807, 2.05) is 20.8 Å². The van der Waals surface area contributed by atoms with E-state index in [9.17, 15) is 23.1 Å². The average Bonchev–Trinajstić information content (AvgIpc) is 3.26. The lowest BCUT2D eigenvalue weighted by Crippen LogP contribution is -2.51. The van der Waals surface area contributed by atoms with Crippen LogP contribution in [0.2, 0.25) is 0 Å². The fourth-order valence-corrected chi connectivity index (χ4v) is 7.16. The lowest BCUT2D eigenvalue weighted by atomic mass is 9.82. The number of hydrogen-bond acceptors (Lipinski definition) is 6. The van der Waals surface area contributed by atoms with Crippen molar-refractivity contribution in [3.8, 4) is 11.8 Å². The molecule has 10 heteroatoms. The van der Waals surface area contributed by atoms with Gasteiger partial charge in [0.1, 0.15) is 4.88 Å². The molecule has 1 aliphatic carbocycles. The van der Waals surface area contributed by atoms with Crippen molar-refractivity contribution in [2.45, 2.75) is 72.3 Å². The first kappa shape index (κ1) is 29.6. The third-order valence-corrected chi connectivity index (χ3v) is 9.92. The van der Waals surface area contributed by atoms with Crippen LogP contribution < -0.4 is 4.90 Å². The van der Waals surface area contributed by atoms with Crippen molar-refractivity contribution in [2.75, 3.05) is 37.5 Å². The summed E-state index contributed by atoms with van der Waals surface area (Å²) in [7, 11) is -1.98. The smallest absolute Gasteiger partial charge is 0.348 e. The molecule has 2 aliphatic rings. The second-order valence-electron chi connectivity index (χ2n) is 11.2. The molecule has 0 unspecified atom stereocenters. The molecule has 1 saturated heterocycles. The molecule has 37 heavy (non-hydrogen) atoms. The highest BCUT2D eigenvalue weighted by Crippen LogP contribution is 2.38. The van der Waals surface area contributed by atoms with Crippen LogP contribution in [0, 0.1) is 29.1 Å². The molecule has 1 amide bonds. The third kappa shape index (κ3) is 7.79. The van der Waals surface area contributed by atoms with Gasteiger partial charge in [-0.15, -0.1) is 11.3 Å². The molecule has 1 saturated carbocycles. The summed E-state index contributed by atoms with van der Waals surface area (Å²) in [6.07, 6.45) is 4.39. The summed E-state index contributed by atoms with van der Waals surface area (Å²) < 4.78 is 31.8. The molecule has 2 heterocycles. The average molecular weight is 553 g/mol. The molecular weight excluding hydrogens is 512 g/mol. The van der Waals surface area contributed by atoms with Crippen molar-refractivity contribution in [3.63, 3.8) is 0 Å². The van der Waals surface area contributed by atoms with Crippen molar-refractivity contribution in [3.05, 3.63) is 15.8 Å². The van der Waals surface area contributed by atoms with Gasteiger partial charge >= 0.3 is 5.97 Å². The van der Waals surface area contributed by atoms with Crippen molar-refractivity contribution in [1.29, 1.82) is 0 Å². The van der Waals surface area contributed by atoms with Crippen LogP contribution in [0.3, 0.4) is 0 Å². The number of amides is 1. The van der Waals surface area contributed by atoms with Crippen LogP contribution >= 0.6 is 11.3 Å². The fourth-order valence-electron chi connectivity index (χ4n) is 4.92. The zero-order chi connectivity index (χ0) is 27.4. The Balaban J connectivity index is 1.94. The molecule has 0 bridgehead atoms. The van der Waals surface area contributed by atoms with E-state index in [2.05, 4.69) is 18.8 Å². The molecule has 1 aromatic rings. The second kappa shape index (κ2) is 12.3. The van der Waals surface area contributed by atoms with Gasteiger partial charge in [-0.1, -0.05) is 18.8 Å². The summed E-state index contributed by atoms with van der Waals surface area (Å²) in [5.41, 5.74) is 0.142. The van der Waals surface area contributed by atoms with Crippen molar-refractivity contribution >= 4 is 38.9 Å². The Hall–Kier alpha value is -1.93. The molecule has 1 aliphatic heterocycles. The topological polar surface area (TPSA) is 104 Å². The predicted octanol–water partition coefficient (Wildman–Crippen LogP) is 4.44. The molecule has 0 aromatic carbocycles. The van der Waals surface area contributed by atoms with Gasteiger partial charge in [0.2, 0.25) is 15.9 Å². The molecule has 0 atom stereocenters. The zero-order valence-corrected chi connectivity index (χ0v) is 24.2. The van der Waals surface area contributed by atoms with E-state index < -0.39 is 16.0 Å². The van der Waals surface area contributed by atoms with Gasteiger partial charge in [-0.05, 0) is 71.3 Å². The van der Waals surface area contributed by atoms with E-state index in [0.29, 0.717) is 29.3 Å². The van der Waals surface area contributed by atoms with Gasteiger partial charge in [0.15, 0.2) is 0 Å². The van der Waals surface area contributed by atoms with Crippen LogP contribution in [-0.2, 0) is 19.6 Å². The van der Waals surface area contributed by atoms with Crippen LogP contribution in [-0.4, -0.2) is 68.3 Å². The van der Waals surface area contributed by atoms with Gasteiger partial charge in [0, 0.05) is 37.6 Å². The number of nitrogens with zero attached hydrogens (tertiary/aromatic N) is 2. The van der Waals surface area contributed by atoms with E-state index >= 15 is 0 Å². The maximum atomic E-state index is 14.0. The molecule has 1 N–H and O–H groups in total. The Labute approximate surface area is 225 Å². The minimum atomic E-state index is -3.45. The first-order chi connectivity index (χ1) is 17.3. The minimum absolute atomic E-state index is 0.0526. The normalized spacial score (nSPS) is 21.8. The van der Waals surface area contributed by atoms with Crippen LogP contribution in [0.15, 0.2) is 6.07 Å². The number of carbonyl (C=O) groups excluding carboxylic acids is 1. The highest BCUT2D eigenvalue weighted by Gasteiger charge is 2.38. The maximum absolute atomic E-state index is 14.0. The Morgan fingerprint density at radius 2 is 1.78 bits per heavy atom. The first-order valence-corrected chi connectivity index (χ1v) is 15.4. The summed E-state index contributed by atoms with van der Waals surface area (Å²) in [5.74, 6) is 5.44. The number of aromatic carboxylic acids is 1. The number of sulfonamides is 1. The quantitative estimate of drug-likeness (QED) is 0.478. The van der Waals surface area contributed by atoms with Gasteiger partial charge in [0.05, 0.1) is 22.9 Å². The van der Waals surface area contributed by atoms with Crippen LogP contribution in [0.1, 0.15) is 80.8 Å². The predicted molar refractivity (Wildman–Crippen MR) is 146 cm³/mol. The van der Waals surface area contributed by atoms with Crippen molar-refractivity contribution in [2.24, 2.45) is 17.3 Å². The first-order valence-electron chi connectivity index (χ1n) is 13.0. The fraction of sp³-hybridized carbons (Fsp3) is 0.704. The Kier molecular flexibility index (Phi) is 9.84. The number of carboxylic acids is 1. The molecule has 1 aromatic heterocycles. The molecule has 2 fully saturated rings. The summed E-state index contributed by atoms with van der Waals surface area (Å²) in [6.45, 7) is 8.85. The Morgan fingerprint density at radius 3 is 2.32 bits per heavy atom. The number of methoxy groups -OCH3 is 1. The number of carbonyl (C=O) groups is 2. The summed E-state index contributed by atoms with van der Waals surface area (Å²) in [6, 6.07) is 1.45. The zero-order valence-electron chi connectivity index (χ0n) is 22.6. The number of piperidine rings is 1. The van der Waals surface area contributed by atoms with Gasteiger partial charge in [-0.25, -0.2) is 17.5 Å². The second-order valence-corrected chi connectivity index (χ2v) is 14.4. The Bertz CT molecular complexity index is 1130. The number of rotatable bonds is 8. The SMILES string of the molecule is COCCS(=O)(=O)N1CCC(N(c2cc(C#CC(C)(C)C)sc2C(=O)O)C(=O)[C@H]2CC[C@H](C)CC2)CC1. The standard InChI is InChI=1S/C27H40N2O6S2/c1-19-6-8-20(9-7-19)25(30)29(21-11-14-28(15-12-21)37(33,34)17-16-35-5)23-18-22(10-13-27(2,3)4)36-24(23)26(31)32/h18-21H,6-9,11-12,14-17H2,1-5H3,(H,31,32)/t19-,20-. The van der Waals surface area contributed by atoms with Crippen molar-refractivity contribution < 1.29 is 27.9 Å². The van der Waals surface area contributed by atoms with Gasteiger partial charge < -0.3 is 14.7 Å². The van der Waals surface area contributed by atoms with E-state index in [1.54, 1.807) is 11.0 Å². The summed E-state index contributed by atoms with van der Waals surface area (Å²) >= 11 is 1.09. The van der Waals surface area contributed by atoms with E-state index in [0.717, 1.165) is 37.0 Å². The van der Waals surface area contributed by atoms with Crippen LogP contribution in [0.25, 0.3) is 0 Å². The largest absolute Gasteiger partial charge is 0.477 e. The lowest BCUT2D eigenvalue weighted by molar-refractivity contribution is -0.124. The number of carboxylic acid groups (broad SMARTS) is 1. The monoisotopic (exact) mass is 552 g/mol. The number of ether oxygens (including phenoxy) is 1. The van der Waals surface area contributed by atoms with Gasteiger partial charge in [-0.3, -0.25) is 4.79 Å². The third-order valence-electron chi connectivity index (χ3n) is 7.06. The number of thiophene rings is 1. The number of anilines is 1. The van der Waals surface area contributed by atoms with E-state index in [1.165, 1.54) is 11.4 Å². The molecule has 0 spiro atoms. The highest BCUT2D eigenvalue weighted by molar-refractivity contribution is 7.89. The molecule has 3 rings (SSSR count). The van der Waals surface area contributed by atoms with Crippen molar-refractivity contribution in [1.82, 2.24) is 4.31 Å². The molecular formula is C27H40N2O6S2. The molecule has 0 radical (unpaired) electrons. The van der Waals surface area contributed by atoms with Crippen LogP contribution in [0.4, 0.5) is 5.69 Å². The van der Waals surface area contributed by atoms with Gasteiger partial charge in [-0.2, -0.15) is 0 Å². The van der Waals surface area contributed by atoms with E-state index in [-0.39, 0.29) is 53.6 Å². The van der Waals surface area contributed by atoms with Crippen LogP contribution in [0.5, 0.6) is 0 Å². The van der Waals surface area contributed by atoms with Gasteiger partial charge in [0.25, 0.3) is 0 Å². The molecule has 206 valence electrons. The minimum Gasteiger partial charge on any atom is -0.477 e. The Morgan fingerprint density at radius 1 is 1.16 bits per heavy atom.